The zero-order valence-corrected chi connectivity index (χ0v) is 19.1. The highest BCUT2D eigenvalue weighted by atomic mass is 35.5. The number of ketones is 1. The molecule has 0 unspecified atom stereocenters. The van der Waals surface area contributed by atoms with Crippen molar-refractivity contribution in [1.29, 1.82) is 0 Å². The molecule has 6 nitrogen and oxygen atoms in total. The molecule has 1 fully saturated rings. The second kappa shape index (κ2) is 10.1. The predicted molar refractivity (Wildman–Crippen MR) is 120 cm³/mol. The van der Waals surface area contributed by atoms with Gasteiger partial charge in [0.2, 0.25) is 0 Å². The van der Waals surface area contributed by atoms with Crippen LogP contribution in [0.4, 0.5) is 0 Å². The van der Waals surface area contributed by atoms with E-state index in [9.17, 15) is 14.4 Å². The molecule has 166 valence electrons. The maximum Gasteiger partial charge on any atom is 0.354 e. The first-order chi connectivity index (χ1) is 14.8. The number of aromatic nitrogens is 1. The Kier molecular flexibility index (Phi) is 7.55. The number of Topliss-reactive ketones (excluding diaryl/α,β-unsaturated/α-hetero) is 1. The van der Waals surface area contributed by atoms with Gasteiger partial charge in [0, 0.05) is 28.4 Å². The average Bonchev–Trinajstić information content (AvgIpc) is 3.07. The number of nitrogens with zero attached hydrogens (tertiary/aromatic N) is 1. The Morgan fingerprint density at radius 3 is 2.35 bits per heavy atom. The molecule has 7 heteroatoms. The zero-order chi connectivity index (χ0) is 22.5. The average molecular weight is 445 g/mol. The summed E-state index contributed by atoms with van der Waals surface area (Å²) in [6.07, 6.45) is 5.65. The predicted octanol–water partition coefficient (Wildman–Crippen LogP) is 4.98. The Morgan fingerprint density at radius 2 is 1.74 bits per heavy atom. The smallest absolute Gasteiger partial charge is 0.354 e. The van der Waals surface area contributed by atoms with Crippen LogP contribution in [-0.4, -0.2) is 47.7 Å². The Labute approximate surface area is 187 Å². The van der Waals surface area contributed by atoms with Crippen molar-refractivity contribution in [2.24, 2.45) is 5.92 Å². The van der Waals surface area contributed by atoms with Gasteiger partial charge >= 0.3 is 5.97 Å². The lowest BCUT2D eigenvalue weighted by molar-refractivity contribution is 0.0593. The highest BCUT2D eigenvalue weighted by molar-refractivity contribution is 6.30. The number of hydrogen-bond acceptors (Lipinski definition) is 4. The molecule has 1 aromatic heterocycles. The first kappa shape index (κ1) is 23.1. The van der Waals surface area contributed by atoms with Gasteiger partial charge < -0.3 is 14.6 Å². The summed E-state index contributed by atoms with van der Waals surface area (Å²) in [4.78, 5) is 43.1. The van der Waals surface area contributed by atoms with E-state index in [0.29, 0.717) is 39.9 Å². The molecule has 0 spiro atoms. The van der Waals surface area contributed by atoms with Gasteiger partial charge in [-0.05, 0) is 62.4 Å². The number of amides is 1. The van der Waals surface area contributed by atoms with E-state index >= 15 is 0 Å². The van der Waals surface area contributed by atoms with Gasteiger partial charge in [0.25, 0.3) is 5.91 Å². The lowest BCUT2D eigenvalue weighted by Gasteiger charge is -2.29. The minimum atomic E-state index is -0.518. The van der Waals surface area contributed by atoms with Crippen molar-refractivity contribution in [3.8, 4) is 0 Å². The highest BCUT2D eigenvalue weighted by Crippen LogP contribution is 2.26. The summed E-state index contributed by atoms with van der Waals surface area (Å²) in [6.45, 7) is 3.96. The number of halogens is 1. The molecule has 0 aliphatic heterocycles. The van der Waals surface area contributed by atoms with E-state index in [4.69, 9.17) is 16.3 Å². The normalized spacial score (nSPS) is 14.3. The largest absolute Gasteiger partial charge is 0.464 e. The van der Waals surface area contributed by atoms with Gasteiger partial charge in [0.15, 0.2) is 5.78 Å². The number of aryl methyl sites for hydroxylation is 1. The third-order valence-corrected chi connectivity index (χ3v) is 6.27. The van der Waals surface area contributed by atoms with Crippen LogP contribution in [0.25, 0.3) is 0 Å². The molecule has 2 aromatic rings. The third-order valence-electron chi connectivity index (χ3n) is 6.02. The van der Waals surface area contributed by atoms with Crippen LogP contribution in [0.3, 0.4) is 0 Å². The fourth-order valence-electron chi connectivity index (χ4n) is 4.40. The summed E-state index contributed by atoms with van der Waals surface area (Å²) in [5.74, 6) is -0.512. The van der Waals surface area contributed by atoms with E-state index in [1.807, 2.05) is 0 Å². The van der Waals surface area contributed by atoms with Crippen molar-refractivity contribution in [2.75, 3.05) is 20.2 Å². The molecule has 1 aliphatic carbocycles. The van der Waals surface area contributed by atoms with Gasteiger partial charge in [0.05, 0.1) is 13.7 Å². The zero-order valence-electron chi connectivity index (χ0n) is 18.3. The second-order valence-corrected chi connectivity index (χ2v) is 8.67. The van der Waals surface area contributed by atoms with Crippen molar-refractivity contribution in [3.63, 3.8) is 0 Å². The van der Waals surface area contributed by atoms with Crippen molar-refractivity contribution in [2.45, 2.75) is 46.0 Å². The number of nitrogens with one attached hydrogen (secondary N) is 1. The van der Waals surface area contributed by atoms with Gasteiger partial charge in [-0.25, -0.2) is 4.79 Å². The lowest BCUT2D eigenvalue weighted by Crippen LogP contribution is -2.40. The van der Waals surface area contributed by atoms with Gasteiger partial charge in [-0.15, -0.1) is 0 Å². The van der Waals surface area contributed by atoms with Crippen LogP contribution in [0.15, 0.2) is 24.3 Å². The number of rotatable bonds is 7. The lowest BCUT2D eigenvalue weighted by atomic mass is 9.88. The first-order valence-electron chi connectivity index (χ1n) is 10.7. The van der Waals surface area contributed by atoms with Crippen molar-refractivity contribution < 1.29 is 19.1 Å². The quantitative estimate of drug-likeness (QED) is 0.482. The van der Waals surface area contributed by atoms with E-state index in [0.717, 1.165) is 25.7 Å². The number of aromatic amines is 1. The van der Waals surface area contributed by atoms with Gasteiger partial charge in [-0.1, -0.05) is 30.9 Å². The molecule has 31 heavy (non-hydrogen) atoms. The Bertz CT molecular complexity index is 959. The monoisotopic (exact) mass is 444 g/mol. The molecule has 3 rings (SSSR count). The third kappa shape index (κ3) is 5.37. The van der Waals surface area contributed by atoms with E-state index in [1.54, 1.807) is 43.0 Å². The number of carbonyl (C=O) groups is 3. The van der Waals surface area contributed by atoms with Crippen molar-refractivity contribution in [1.82, 2.24) is 9.88 Å². The molecule has 0 radical (unpaired) electrons. The van der Waals surface area contributed by atoms with Crippen LogP contribution in [0.2, 0.25) is 5.02 Å². The summed E-state index contributed by atoms with van der Waals surface area (Å²) >= 11 is 5.97. The van der Waals surface area contributed by atoms with Crippen LogP contribution in [0.1, 0.15) is 74.6 Å². The van der Waals surface area contributed by atoms with Crippen LogP contribution in [0.5, 0.6) is 0 Å². The maximum absolute atomic E-state index is 13.3. The molecule has 0 atom stereocenters. The molecule has 1 saturated carbocycles. The second-order valence-electron chi connectivity index (χ2n) is 8.24. The fourth-order valence-corrected chi connectivity index (χ4v) is 4.53. The SMILES string of the molecule is COC(=O)c1[nH]c(C)c(C(=O)CN(CC2CCCCC2)C(=O)c2ccc(Cl)cc2)c1C. The molecule has 1 aromatic carbocycles. The summed E-state index contributed by atoms with van der Waals surface area (Å²) < 4.78 is 4.80. The molecule has 1 heterocycles. The van der Waals surface area contributed by atoms with Gasteiger partial charge in [0.1, 0.15) is 5.69 Å². The minimum Gasteiger partial charge on any atom is -0.464 e. The van der Waals surface area contributed by atoms with Crippen LogP contribution >= 0.6 is 11.6 Å². The summed E-state index contributed by atoms with van der Waals surface area (Å²) in [7, 11) is 1.30. The number of H-pyrrole nitrogens is 1. The van der Waals surface area contributed by atoms with E-state index in [1.165, 1.54) is 13.5 Å². The van der Waals surface area contributed by atoms with Crippen molar-refractivity contribution >= 4 is 29.3 Å². The minimum absolute atomic E-state index is 0.0435. The molecule has 1 aliphatic rings. The number of ether oxygens (including phenoxy) is 1. The summed E-state index contributed by atoms with van der Waals surface area (Å²) in [6, 6.07) is 6.73. The van der Waals surface area contributed by atoms with E-state index in [2.05, 4.69) is 4.98 Å². The molecule has 1 amide bonds. The van der Waals surface area contributed by atoms with E-state index in [-0.39, 0.29) is 23.9 Å². The standard InChI is InChI=1S/C24H29ClN2O4/c1-15-21(16(2)26-22(15)24(30)31-3)20(28)14-27(13-17-7-5-4-6-8-17)23(29)18-9-11-19(25)12-10-18/h9-12,17,26H,4-8,13-14H2,1-3H3. The van der Waals surface area contributed by atoms with E-state index < -0.39 is 5.97 Å². The first-order valence-corrected chi connectivity index (χ1v) is 11.0. The fraction of sp³-hybridized carbons (Fsp3) is 0.458. The summed E-state index contributed by atoms with van der Waals surface area (Å²) in [5.41, 5.74) is 2.36. The van der Waals surface area contributed by atoms with Crippen LogP contribution in [0, 0.1) is 19.8 Å². The number of benzene rings is 1. The van der Waals surface area contributed by atoms with Crippen LogP contribution in [-0.2, 0) is 4.74 Å². The number of hydrogen-bond donors (Lipinski definition) is 1. The number of esters is 1. The molecular weight excluding hydrogens is 416 g/mol. The molecule has 1 N–H and O–H groups in total. The van der Waals surface area contributed by atoms with Crippen LogP contribution < -0.4 is 0 Å². The Hall–Kier alpha value is -2.60. The Morgan fingerprint density at radius 1 is 1.10 bits per heavy atom. The summed E-state index contributed by atoms with van der Waals surface area (Å²) in [5, 5.41) is 0.556. The highest BCUT2D eigenvalue weighted by Gasteiger charge is 2.28. The molecular formula is C24H29ClN2O4. The van der Waals surface area contributed by atoms with Gasteiger partial charge in [-0.3, -0.25) is 9.59 Å². The molecule has 0 bridgehead atoms. The maximum atomic E-state index is 13.3. The van der Waals surface area contributed by atoms with Gasteiger partial charge in [-0.2, -0.15) is 0 Å². The topological polar surface area (TPSA) is 79.5 Å². The number of methoxy groups -OCH3 is 1. The Balaban J connectivity index is 1.86. The molecule has 0 saturated heterocycles. The van der Waals surface area contributed by atoms with Crippen molar-refractivity contribution in [3.05, 3.63) is 57.4 Å². The number of carbonyl (C=O) groups excluding carboxylic acids is 3.